The SMILES string of the molecule is O=C1CCC(N2CCC[C@H]3CCCC[C@H]32)CC1. The van der Waals surface area contributed by atoms with Crippen molar-refractivity contribution in [3.63, 3.8) is 0 Å². The van der Waals surface area contributed by atoms with Crippen LogP contribution in [0.25, 0.3) is 0 Å². The minimum absolute atomic E-state index is 0.499. The first kappa shape index (κ1) is 11.7. The van der Waals surface area contributed by atoms with E-state index in [9.17, 15) is 4.79 Å². The van der Waals surface area contributed by atoms with Crippen molar-refractivity contribution in [3.8, 4) is 0 Å². The van der Waals surface area contributed by atoms with Gasteiger partial charge in [-0.15, -0.1) is 0 Å². The third kappa shape index (κ3) is 2.42. The molecule has 0 unspecified atom stereocenters. The summed E-state index contributed by atoms with van der Waals surface area (Å²) < 4.78 is 0. The van der Waals surface area contributed by atoms with Crippen molar-refractivity contribution < 1.29 is 4.79 Å². The second-order valence-corrected chi connectivity index (χ2v) is 6.26. The highest BCUT2D eigenvalue weighted by Crippen LogP contribution is 2.38. The molecule has 0 aromatic carbocycles. The molecule has 2 atom stereocenters. The van der Waals surface area contributed by atoms with Crippen molar-refractivity contribution in [1.29, 1.82) is 0 Å². The first-order valence-electron chi connectivity index (χ1n) is 7.62. The van der Waals surface area contributed by atoms with Crippen molar-refractivity contribution in [2.75, 3.05) is 6.54 Å². The van der Waals surface area contributed by atoms with Gasteiger partial charge in [-0.25, -0.2) is 0 Å². The molecule has 2 nitrogen and oxygen atoms in total. The highest BCUT2D eigenvalue weighted by atomic mass is 16.1. The Labute approximate surface area is 105 Å². The summed E-state index contributed by atoms with van der Waals surface area (Å²) in [4.78, 5) is 14.2. The van der Waals surface area contributed by atoms with E-state index in [1.165, 1.54) is 45.1 Å². The molecular formula is C15H25NO. The predicted molar refractivity (Wildman–Crippen MR) is 68.9 cm³/mol. The topological polar surface area (TPSA) is 20.3 Å². The van der Waals surface area contributed by atoms with E-state index in [0.717, 1.165) is 43.7 Å². The van der Waals surface area contributed by atoms with Crippen LogP contribution in [-0.4, -0.2) is 29.3 Å². The molecule has 17 heavy (non-hydrogen) atoms. The normalized spacial score (nSPS) is 36.8. The molecule has 96 valence electrons. The molecule has 0 bridgehead atoms. The maximum absolute atomic E-state index is 11.4. The van der Waals surface area contributed by atoms with E-state index in [4.69, 9.17) is 0 Å². The number of fused-ring (bicyclic) bond motifs is 1. The van der Waals surface area contributed by atoms with Gasteiger partial charge in [0, 0.05) is 24.9 Å². The van der Waals surface area contributed by atoms with Gasteiger partial charge in [-0.3, -0.25) is 9.69 Å². The van der Waals surface area contributed by atoms with Gasteiger partial charge < -0.3 is 0 Å². The fourth-order valence-corrected chi connectivity index (χ4v) is 4.37. The summed E-state index contributed by atoms with van der Waals surface area (Å²) >= 11 is 0. The van der Waals surface area contributed by atoms with Crippen molar-refractivity contribution in [2.24, 2.45) is 5.92 Å². The summed E-state index contributed by atoms with van der Waals surface area (Å²) in [5.41, 5.74) is 0. The van der Waals surface area contributed by atoms with E-state index in [1.807, 2.05) is 0 Å². The van der Waals surface area contributed by atoms with Crippen LogP contribution >= 0.6 is 0 Å². The molecule has 0 spiro atoms. The highest BCUT2D eigenvalue weighted by molar-refractivity contribution is 5.79. The van der Waals surface area contributed by atoms with Crippen LogP contribution in [-0.2, 0) is 4.79 Å². The monoisotopic (exact) mass is 235 g/mol. The van der Waals surface area contributed by atoms with Crippen molar-refractivity contribution >= 4 is 5.78 Å². The number of carbonyl (C=O) groups is 1. The molecule has 0 N–H and O–H groups in total. The number of rotatable bonds is 1. The predicted octanol–water partition coefficient (Wildman–Crippen LogP) is 3.15. The van der Waals surface area contributed by atoms with E-state index in [1.54, 1.807) is 0 Å². The first-order valence-corrected chi connectivity index (χ1v) is 7.62. The van der Waals surface area contributed by atoms with E-state index in [2.05, 4.69) is 4.90 Å². The molecule has 0 aromatic heterocycles. The lowest BCUT2D eigenvalue weighted by atomic mass is 9.76. The van der Waals surface area contributed by atoms with Gasteiger partial charge in [-0.1, -0.05) is 12.8 Å². The summed E-state index contributed by atoms with van der Waals surface area (Å²) in [6.07, 6.45) is 12.6. The molecular weight excluding hydrogens is 210 g/mol. The Kier molecular flexibility index (Phi) is 3.51. The second-order valence-electron chi connectivity index (χ2n) is 6.26. The Balaban J connectivity index is 1.66. The third-order valence-corrected chi connectivity index (χ3v) is 5.27. The molecule has 1 aliphatic heterocycles. The van der Waals surface area contributed by atoms with Crippen molar-refractivity contribution in [3.05, 3.63) is 0 Å². The standard InChI is InChI=1S/C15H25NO/c17-14-9-7-13(8-10-14)16-11-3-5-12-4-1-2-6-15(12)16/h12-13,15H,1-11H2/t12-,15-/m1/s1. The van der Waals surface area contributed by atoms with Gasteiger partial charge in [0.25, 0.3) is 0 Å². The fraction of sp³-hybridized carbons (Fsp3) is 0.933. The van der Waals surface area contributed by atoms with Gasteiger partial charge in [-0.2, -0.15) is 0 Å². The summed E-state index contributed by atoms with van der Waals surface area (Å²) in [6.45, 7) is 1.31. The van der Waals surface area contributed by atoms with Crippen LogP contribution in [0.5, 0.6) is 0 Å². The molecule has 1 saturated heterocycles. The molecule has 2 heteroatoms. The highest BCUT2D eigenvalue weighted by Gasteiger charge is 2.37. The molecule has 3 fully saturated rings. The van der Waals surface area contributed by atoms with Gasteiger partial charge in [0.1, 0.15) is 5.78 Å². The van der Waals surface area contributed by atoms with Crippen LogP contribution in [0.15, 0.2) is 0 Å². The number of hydrogen-bond acceptors (Lipinski definition) is 2. The Morgan fingerprint density at radius 2 is 1.59 bits per heavy atom. The minimum Gasteiger partial charge on any atom is -0.300 e. The Morgan fingerprint density at radius 3 is 2.41 bits per heavy atom. The smallest absolute Gasteiger partial charge is 0.133 e. The van der Waals surface area contributed by atoms with Gasteiger partial charge >= 0.3 is 0 Å². The van der Waals surface area contributed by atoms with E-state index in [-0.39, 0.29) is 0 Å². The lowest BCUT2D eigenvalue weighted by Gasteiger charge is -2.48. The van der Waals surface area contributed by atoms with Crippen LogP contribution in [0.3, 0.4) is 0 Å². The largest absolute Gasteiger partial charge is 0.300 e. The first-order chi connectivity index (χ1) is 8.34. The van der Waals surface area contributed by atoms with Crippen LogP contribution in [0, 0.1) is 5.92 Å². The zero-order chi connectivity index (χ0) is 11.7. The Morgan fingerprint density at radius 1 is 0.882 bits per heavy atom. The molecule has 3 aliphatic rings. The summed E-state index contributed by atoms with van der Waals surface area (Å²) in [5.74, 6) is 1.48. The number of piperidine rings is 1. The summed E-state index contributed by atoms with van der Waals surface area (Å²) in [7, 11) is 0. The molecule has 2 saturated carbocycles. The number of carbonyl (C=O) groups excluding carboxylic acids is 1. The van der Waals surface area contributed by atoms with Crippen molar-refractivity contribution in [2.45, 2.75) is 76.3 Å². The van der Waals surface area contributed by atoms with Gasteiger partial charge in [0.05, 0.1) is 0 Å². The van der Waals surface area contributed by atoms with E-state index < -0.39 is 0 Å². The lowest BCUT2D eigenvalue weighted by Crippen LogP contribution is -2.52. The van der Waals surface area contributed by atoms with Gasteiger partial charge in [0.2, 0.25) is 0 Å². The zero-order valence-corrected chi connectivity index (χ0v) is 10.9. The van der Waals surface area contributed by atoms with Crippen LogP contribution < -0.4 is 0 Å². The summed E-state index contributed by atoms with van der Waals surface area (Å²) in [5, 5.41) is 0. The molecule has 2 aliphatic carbocycles. The van der Waals surface area contributed by atoms with Crippen LogP contribution in [0.4, 0.5) is 0 Å². The minimum atomic E-state index is 0.499. The average molecular weight is 235 g/mol. The number of likely N-dealkylation sites (tertiary alicyclic amines) is 1. The number of nitrogens with zero attached hydrogens (tertiary/aromatic N) is 1. The lowest BCUT2D eigenvalue weighted by molar-refractivity contribution is -0.122. The fourth-order valence-electron chi connectivity index (χ4n) is 4.37. The third-order valence-electron chi connectivity index (χ3n) is 5.27. The Bertz CT molecular complexity index is 277. The average Bonchev–Trinajstić information content (AvgIpc) is 2.39. The van der Waals surface area contributed by atoms with E-state index in [0.29, 0.717) is 5.78 Å². The number of Topliss-reactive ketones (excluding diaryl/α,β-unsaturated/α-hetero) is 1. The van der Waals surface area contributed by atoms with Crippen LogP contribution in [0.2, 0.25) is 0 Å². The van der Waals surface area contributed by atoms with Crippen LogP contribution in [0.1, 0.15) is 64.2 Å². The number of hydrogen-bond donors (Lipinski definition) is 0. The van der Waals surface area contributed by atoms with E-state index >= 15 is 0 Å². The summed E-state index contributed by atoms with van der Waals surface area (Å²) in [6, 6.07) is 1.61. The Hall–Kier alpha value is -0.370. The van der Waals surface area contributed by atoms with Crippen molar-refractivity contribution in [1.82, 2.24) is 4.90 Å². The molecule has 0 radical (unpaired) electrons. The molecule has 1 heterocycles. The van der Waals surface area contributed by atoms with Gasteiger partial charge in [0.15, 0.2) is 0 Å². The van der Waals surface area contributed by atoms with Gasteiger partial charge in [-0.05, 0) is 51.0 Å². The zero-order valence-electron chi connectivity index (χ0n) is 10.9. The number of ketones is 1. The quantitative estimate of drug-likeness (QED) is 0.696. The maximum atomic E-state index is 11.4. The second kappa shape index (κ2) is 5.09. The molecule has 3 rings (SSSR count). The maximum Gasteiger partial charge on any atom is 0.133 e. The molecule has 0 aromatic rings. The molecule has 0 amide bonds.